The maximum atomic E-state index is 11.9. The monoisotopic (exact) mass is 409 g/mol. The topological polar surface area (TPSA) is 158 Å². The molecule has 1 fully saturated rings. The maximum Gasteiger partial charge on any atom is 0.409 e. The van der Waals surface area contributed by atoms with Gasteiger partial charge < -0.3 is 30.3 Å². The molecular weight excluding hydrogens is 378 g/mol. The molecular formula is C19H31N5O5. The normalized spacial score (nSPS) is 16.4. The van der Waals surface area contributed by atoms with E-state index in [1.54, 1.807) is 25.7 Å². The highest BCUT2D eigenvalue weighted by Crippen LogP contribution is 2.49. The Morgan fingerprint density at radius 1 is 1.34 bits per heavy atom. The average Bonchev–Trinajstić information content (AvgIpc) is 3.05. The lowest BCUT2D eigenvalue weighted by molar-refractivity contribution is 0.0892. The molecule has 0 unspecified atom stereocenters. The molecule has 0 aromatic carbocycles. The van der Waals surface area contributed by atoms with E-state index in [1.807, 2.05) is 6.92 Å². The highest BCUT2D eigenvalue weighted by molar-refractivity contribution is 5.68. The predicted molar refractivity (Wildman–Crippen MR) is 106 cm³/mol. The number of ether oxygens (including phenoxy) is 2. The molecule has 1 saturated heterocycles. The van der Waals surface area contributed by atoms with Crippen LogP contribution in [0.2, 0.25) is 0 Å². The summed E-state index contributed by atoms with van der Waals surface area (Å²) in [5.74, 6) is 0.514. The van der Waals surface area contributed by atoms with Crippen molar-refractivity contribution in [1.82, 2.24) is 15.1 Å². The number of carbonyl (C=O) groups excluding carboxylic acids is 1. The highest BCUT2D eigenvalue weighted by Gasteiger charge is 2.49. The molecule has 0 aliphatic carbocycles. The minimum absolute atomic E-state index is 0.0936. The standard InChI is InChI=1S/C15H19N5O3.2C2H6O/c1-3-22-14(21)20-6-4-15(5-7-20)10(8-16)12(17)23-13-11(15)9(2)18-19-13;2*1-2-3/h3-7,17H2,1-2H3,(H,18,19);2*3H,2H2,1H3. The molecule has 0 radical (unpaired) electrons. The molecule has 29 heavy (non-hydrogen) atoms. The second-order valence-electron chi connectivity index (χ2n) is 6.38. The molecule has 1 aromatic heterocycles. The lowest BCUT2D eigenvalue weighted by Crippen LogP contribution is -2.48. The second-order valence-corrected chi connectivity index (χ2v) is 6.38. The number of fused-ring (bicyclic) bond motifs is 2. The predicted octanol–water partition coefficient (Wildman–Crippen LogP) is 1.29. The Kier molecular flexibility index (Phi) is 9.44. The number of aliphatic hydroxyl groups is 2. The van der Waals surface area contributed by atoms with Gasteiger partial charge in [-0.25, -0.2) is 4.79 Å². The van der Waals surface area contributed by atoms with E-state index in [1.165, 1.54) is 0 Å². The smallest absolute Gasteiger partial charge is 0.409 e. The van der Waals surface area contributed by atoms with Crippen LogP contribution in [0.5, 0.6) is 5.88 Å². The number of piperidine rings is 1. The summed E-state index contributed by atoms with van der Waals surface area (Å²) in [5, 5.41) is 31.8. The van der Waals surface area contributed by atoms with Gasteiger partial charge in [-0.1, -0.05) is 0 Å². The fourth-order valence-corrected chi connectivity index (χ4v) is 3.51. The summed E-state index contributed by atoms with van der Waals surface area (Å²) in [6.07, 6.45) is 0.826. The summed E-state index contributed by atoms with van der Waals surface area (Å²) in [7, 11) is 0. The van der Waals surface area contributed by atoms with Crippen molar-refractivity contribution in [3.8, 4) is 11.9 Å². The van der Waals surface area contributed by atoms with Crippen LogP contribution in [0.25, 0.3) is 0 Å². The van der Waals surface area contributed by atoms with E-state index in [9.17, 15) is 10.1 Å². The Balaban J connectivity index is 0.000000626. The molecule has 0 atom stereocenters. The van der Waals surface area contributed by atoms with E-state index in [-0.39, 0.29) is 25.2 Å². The van der Waals surface area contributed by atoms with Crippen LogP contribution in [0.3, 0.4) is 0 Å². The number of nitriles is 1. The third-order valence-electron chi connectivity index (χ3n) is 4.58. The number of nitrogens with zero attached hydrogens (tertiary/aromatic N) is 3. The van der Waals surface area contributed by atoms with Gasteiger partial charge in [-0.2, -0.15) is 5.26 Å². The quantitative estimate of drug-likeness (QED) is 0.540. The van der Waals surface area contributed by atoms with Crippen LogP contribution in [0.1, 0.15) is 44.9 Å². The number of aliphatic hydroxyl groups excluding tert-OH is 2. The summed E-state index contributed by atoms with van der Waals surface area (Å²) in [5.41, 5.74) is 7.51. The Labute approximate surface area is 170 Å². The molecule has 1 spiro atoms. The largest absolute Gasteiger partial charge is 0.450 e. The molecule has 5 N–H and O–H groups in total. The fourth-order valence-electron chi connectivity index (χ4n) is 3.51. The number of aromatic nitrogens is 2. The van der Waals surface area contributed by atoms with Crippen LogP contribution in [0.4, 0.5) is 4.79 Å². The maximum absolute atomic E-state index is 11.9. The van der Waals surface area contributed by atoms with Crippen LogP contribution in [0, 0.1) is 18.3 Å². The molecule has 3 heterocycles. The molecule has 1 amide bonds. The van der Waals surface area contributed by atoms with E-state index in [2.05, 4.69) is 16.3 Å². The lowest BCUT2D eigenvalue weighted by atomic mass is 9.67. The van der Waals surface area contributed by atoms with Gasteiger partial charge in [0.05, 0.1) is 6.61 Å². The van der Waals surface area contributed by atoms with Crippen molar-refractivity contribution in [1.29, 1.82) is 5.26 Å². The van der Waals surface area contributed by atoms with E-state index in [4.69, 9.17) is 25.4 Å². The number of H-pyrrole nitrogens is 1. The molecule has 0 bridgehead atoms. The SMILES string of the molecule is CCO.CCO.CCOC(=O)N1CCC2(CC1)C(C#N)=C(N)Oc1n[nH]c(C)c12. The summed E-state index contributed by atoms with van der Waals surface area (Å²) in [4.78, 5) is 13.6. The summed E-state index contributed by atoms with van der Waals surface area (Å²) in [6, 6.07) is 2.19. The molecule has 0 saturated carbocycles. The highest BCUT2D eigenvalue weighted by atomic mass is 16.6. The van der Waals surface area contributed by atoms with Crippen molar-refractivity contribution in [2.24, 2.45) is 5.73 Å². The first-order valence-electron chi connectivity index (χ1n) is 9.63. The first-order chi connectivity index (χ1) is 13.9. The zero-order chi connectivity index (χ0) is 22.0. The number of amides is 1. The molecule has 1 aromatic rings. The number of aryl methyl sites for hydroxylation is 1. The molecule has 3 rings (SSSR count). The van der Waals surface area contributed by atoms with Gasteiger partial charge in [0.15, 0.2) is 0 Å². The number of hydrogen-bond donors (Lipinski definition) is 4. The summed E-state index contributed by atoms with van der Waals surface area (Å²) >= 11 is 0. The Hall–Kier alpha value is -2.77. The number of rotatable bonds is 1. The third-order valence-corrected chi connectivity index (χ3v) is 4.58. The summed E-state index contributed by atoms with van der Waals surface area (Å²) in [6.45, 7) is 8.85. The van der Waals surface area contributed by atoms with E-state index >= 15 is 0 Å². The lowest BCUT2D eigenvalue weighted by Gasteiger charge is -2.42. The third kappa shape index (κ3) is 5.19. The number of aromatic amines is 1. The minimum atomic E-state index is -0.563. The molecule has 2 aliphatic rings. The fraction of sp³-hybridized carbons (Fsp3) is 0.632. The van der Waals surface area contributed by atoms with Gasteiger partial charge in [0.2, 0.25) is 11.8 Å². The zero-order valence-electron chi connectivity index (χ0n) is 17.5. The minimum Gasteiger partial charge on any atom is -0.450 e. The van der Waals surface area contributed by atoms with Crippen LogP contribution in [-0.2, 0) is 10.2 Å². The molecule has 162 valence electrons. The van der Waals surface area contributed by atoms with Crippen molar-refractivity contribution in [3.05, 3.63) is 22.7 Å². The summed E-state index contributed by atoms with van der Waals surface area (Å²) < 4.78 is 10.5. The van der Waals surface area contributed by atoms with Crippen LogP contribution >= 0.6 is 0 Å². The van der Waals surface area contributed by atoms with Crippen molar-refractivity contribution in [3.63, 3.8) is 0 Å². The number of allylic oxidation sites excluding steroid dienone is 1. The van der Waals surface area contributed by atoms with Crippen LogP contribution in [-0.4, -0.2) is 64.3 Å². The Morgan fingerprint density at radius 3 is 2.38 bits per heavy atom. The van der Waals surface area contributed by atoms with E-state index < -0.39 is 5.41 Å². The number of nitrogens with one attached hydrogen (secondary N) is 1. The van der Waals surface area contributed by atoms with Gasteiger partial charge in [0.25, 0.3) is 0 Å². The molecule has 10 nitrogen and oxygen atoms in total. The van der Waals surface area contributed by atoms with Crippen molar-refractivity contribution in [2.45, 2.75) is 46.0 Å². The average molecular weight is 409 g/mol. The zero-order valence-corrected chi connectivity index (χ0v) is 17.5. The Bertz CT molecular complexity index is 743. The number of nitrogens with two attached hydrogens (primary N) is 1. The van der Waals surface area contributed by atoms with Gasteiger partial charge in [-0.15, -0.1) is 5.10 Å². The van der Waals surface area contributed by atoms with Gasteiger partial charge in [0, 0.05) is 43.0 Å². The van der Waals surface area contributed by atoms with Crippen molar-refractivity contribution >= 4 is 6.09 Å². The second kappa shape index (κ2) is 11.3. The van der Waals surface area contributed by atoms with Crippen LogP contribution in [0.15, 0.2) is 11.5 Å². The van der Waals surface area contributed by atoms with Gasteiger partial charge in [-0.3, -0.25) is 5.10 Å². The number of hydrogen-bond acceptors (Lipinski definition) is 8. The first-order valence-corrected chi connectivity index (χ1v) is 9.63. The molecule has 10 heteroatoms. The Morgan fingerprint density at radius 2 is 1.90 bits per heavy atom. The molecule has 2 aliphatic heterocycles. The van der Waals surface area contributed by atoms with Gasteiger partial charge in [0.1, 0.15) is 11.6 Å². The van der Waals surface area contributed by atoms with E-state index in [0.717, 1.165) is 11.3 Å². The first kappa shape index (κ1) is 24.3. The van der Waals surface area contributed by atoms with Gasteiger partial charge >= 0.3 is 6.09 Å². The number of carbonyl (C=O) groups is 1. The van der Waals surface area contributed by atoms with E-state index in [0.29, 0.717) is 44.0 Å². The van der Waals surface area contributed by atoms with Crippen molar-refractivity contribution < 1.29 is 24.5 Å². The van der Waals surface area contributed by atoms with Crippen LogP contribution < -0.4 is 10.5 Å². The number of likely N-dealkylation sites (tertiary alicyclic amines) is 1. The van der Waals surface area contributed by atoms with Crippen molar-refractivity contribution in [2.75, 3.05) is 32.9 Å². The van der Waals surface area contributed by atoms with Gasteiger partial charge in [-0.05, 0) is 40.5 Å².